The van der Waals surface area contributed by atoms with E-state index in [2.05, 4.69) is 38.0 Å². The largest absolute Gasteiger partial charge is 0.349 e. The van der Waals surface area contributed by atoms with E-state index in [-0.39, 0.29) is 11.9 Å². The molecule has 0 aliphatic heterocycles. The number of nitrogens with zero attached hydrogens (tertiary/aromatic N) is 3. The second-order valence-corrected chi connectivity index (χ2v) is 6.92. The highest BCUT2D eigenvalue weighted by molar-refractivity contribution is 9.10. The topological polar surface area (TPSA) is 59.8 Å². The lowest BCUT2D eigenvalue weighted by Crippen LogP contribution is -2.28. The van der Waals surface area contributed by atoms with Crippen LogP contribution in [0.25, 0.3) is 0 Å². The molecule has 1 amide bonds. The molecule has 0 saturated carbocycles. The van der Waals surface area contributed by atoms with Crippen molar-refractivity contribution < 1.29 is 4.79 Å². The number of carbonyl (C=O) groups is 1. The van der Waals surface area contributed by atoms with Gasteiger partial charge in [0.15, 0.2) is 5.16 Å². The van der Waals surface area contributed by atoms with Crippen LogP contribution in [0.5, 0.6) is 0 Å². The van der Waals surface area contributed by atoms with Gasteiger partial charge in [-0.2, -0.15) is 0 Å². The fraction of sp³-hybridized carbons (Fsp3) is 0.312. The molecule has 1 heterocycles. The van der Waals surface area contributed by atoms with Gasteiger partial charge in [0.05, 0.1) is 11.8 Å². The van der Waals surface area contributed by atoms with E-state index in [1.807, 2.05) is 42.7 Å². The second-order valence-electron chi connectivity index (χ2n) is 5.06. The number of hydrogen-bond acceptors (Lipinski definition) is 4. The van der Waals surface area contributed by atoms with E-state index in [1.165, 1.54) is 11.8 Å². The highest BCUT2D eigenvalue weighted by Gasteiger charge is 2.13. The average molecular weight is 395 g/mol. The first-order valence-electron chi connectivity index (χ1n) is 7.19. The summed E-state index contributed by atoms with van der Waals surface area (Å²) in [4.78, 5) is 12.1. The molecule has 5 nitrogen and oxygen atoms in total. The van der Waals surface area contributed by atoms with Crippen LogP contribution >= 0.6 is 27.7 Å². The smallest absolute Gasteiger partial charge is 0.230 e. The molecule has 0 spiro atoms. The Hall–Kier alpha value is -1.60. The Morgan fingerprint density at radius 3 is 2.78 bits per heavy atom. The molecule has 1 aromatic carbocycles. The Balaban J connectivity index is 1.90. The maximum atomic E-state index is 12.1. The van der Waals surface area contributed by atoms with E-state index >= 15 is 0 Å². The summed E-state index contributed by atoms with van der Waals surface area (Å²) >= 11 is 4.78. The number of amides is 1. The molecule has 0 bridgehead atoms. The zero-order valence-corrected chi connectivity index (χ0v) is 15.5. The maximum absolute atomic E-state index is 12.1. The molecule has 1 atom stereocenters. The lowest BCUT2D eigenvalue weighted by molar-refractivity contribution is -0.119. The van der Waals surface area contributed by atoms with Gasteiger partial charge in [0, 0.05) is 11.0 Å². The van der Waals surface area contributed by atoms with Crippen molar-refractivity contribution in [2.24, 2.45) is 0 Å². The van der Waals surface area contributed by atoms with Crippen molar-refractivity contribution >= 4 is 33.6 Å². The van der Waals surface area contributed by atoms with Crippen molar-refractivity contribution in [3.8, 4) is 0 Å². The third kappa shape index (κ3) is 4.94. The van der Waals surface area contributed by atoms with Gasteiger partial charge in [0.2, 0.25) is 5.91 Å². The van der Waals surface area contributed by atoms with E-state index in [0.717, 1.165) is 21.0 Å². The van der Waals surface area contributed by atoms with Gasteiger partial charge in [-0.25, -0.2) is 0 Å². The van der Waals surface area contributed by atoms with Crippen LogP contribution in [0, 0.1) is 6.92 Å². The Morgan fingerprint density at radius 2 is 2.13 bits per heavy atom. The number of halogens is 1. The Kier molecular flexibility index (Phi) is 6.41. The third-order valence-electron chi connectivity index (χ3n) is 3.29. The number of thioether (sulfide) groups is 1. The SMILES string of the molecule is C=CCn1c(C)nnc1SCC(=O)N[C@H](C)c1ccc(Br)cc1. The lowest BCUT2D eigenvalue weighted by Gasteiger charge is -2.14. The van der Waals surface area contributed by atoms with Crippen molar-refractivity contribution in [1.29, 1.82) is 0 Å². The maximum Gasteiger partial charge on any atom is 0.230 e. The monoisotopic (exact) mass is 394 g/mol. The molecule has 23 heavy (non-hydrogen) atoms. The molecule has 7 heteroatoms. The number of aromatic nitrogens is 3. The molecule has 1 N–H and O–H groups in total. The number of benzene rings is 1. The summed E-state index contributed by atoms with van der Waals surface area (Å²) in [6, 6.07) is 7.88. The molecule has 2 rings (SSSR count). The second kappa shape index (κ2) is 8.31. The Morgan fingerprint density at radius 1 is 1.43 bits per heavy atom. The molecule has 0 aliphatic carbocycles. The first-order valence-corrected chi connectivity index (χ1v) is 8.97. The van der Waals surface area contributed by atoms with E-state index in [1.54, 1.807) is 6.08 Å². The first kappa shape index (κ1) is 17.7. The van der Waals surface area contributed by atoms with Crippen LogP contribution < -0.4 is 5.32 Å². The van der Waals surface area contributed by atoms with E-state index < -0.39 is 0 Å². The zero-order chi connectivity index (χ0) is 16.8. The highest BCUT2D eigenvalue weighted by Crippen LogP contribution is 2.19. The van der Waals surface area contributed by atoms with E-state index in [9.17, 15) is 4.79 Å². The minimum atomic E-state index is -0.0380. The van der Waals surface area contributed by atoms with Crippen molar-refractivity contribution in [3.05, 3.63) is 52.8 Å². The van der Waals surface area contributed by atoms with Gasteiger partial charge < -0.3 is 9.88 Å². The number of rotatable bonds is 7. The van der Waals surface area contributed by atoms with Crippen LogP contribution in [-0.4, -0.2) is 26.4 Å². The summed E-state index contributed by atoms with van der Waals surface area (Å²) in [6.45, 7) is 8.21. The van der Waals surface area contributed by atoms with Gasteiger partial charge in [-0.1, -0.05) is 45.9 Å². The number of nitrogens with one attached hydrogen (secondary N) is 1. The summed E-state index contributed by atoms with van der Waals surface area (Å²) in [7, 11) is 0. The Bertz CT molecular complexity index is 684. The van der Waals surface area contributed by atoms with Gasteiger partial charge in [-0.05, 0) is 31.5 Å². The number of allylic oxidation sites excluding steroid dienone is 1. The standard InChI is InChI=1S/C16H19BrN4OS/c1-4-9-21-12(3)19-20-16(21)23-10-15(22)18-11(2)13-5-7-14(17)8-6-13/h4-8,11H,1,9-10H2,2-3H3,(H,18,22)/t11-/m1/s1. The first-order chi connectivity index (χ1) is 11.0. The van der Waals surface area contributed by atoms with E-state index in [4.69, 9.17) is 0 Å². The Labute approximate surface area is 148 Å². The summed E-state index contributed by atoms with van der Waals surface area (Å²) in [5.74, 6) is 1.09. The predicted octanol–water partition coefficient (Wildman–Crippen LogP) is 3.50. The van der Waals surface area contributed by atoms with Crippen LogP contribution in [0.3, 0.4) is 0 Å². The van der Waals surface area contributed by atoms with Gasteiger partial charge in [-0.3, -0.25) is 4.79 Å². The van der Waals surface area contributed by atoms with Crippen molar-refractivity contribution in [1.82, 2.24) is 20.1 Å². The van der Waals surface area contributed by atoms with Crippen LogP contribution in [0.4, 0.5) is 0 Å². The molecule has 0 saturated heterocycles. The molecular formula is C16H19BrN4OS. The fourth-order valence-electron chi connectivity index (χ4n) is 2.06. The number of aryl methyl sites for hydroxylation is 1. The number of hydrogen-bond donors (Lipinski definition) is 1. The summed E-state index contributed by atoms with van der Waals surface area (Å²) in [5, 5.41) is 11.9. The third-order valence-corrected chi connectivity index (χ3v) is 4.79. The zero-order valence-electron chi connectivity index (χ0n) is 13.1. The van der Waals surface area contributed by atoms with Crippen LogP contribution in [0.1, 0.15) is 24.4 Å². The van der Waals surface area contributed by atoms with Crippen LogP contribution in [0.2, 0.25) is 0 Å². The normalized spacial score (nSPS) is 12.0. The summed E-state index contributed by atoms with van der Waals surface area (Å²) in [6.07, 6.45) is 1.79. The van der Waals surface area contributed by atoms with Gasteiger partial charge in [0.25, 0.3) is 0 Å². The van der Waals surface area contributed by atoms with Crippen LogP contribution in [0.15, 0.2) is 46.5 Å². The van der Waals surface area contributed by atoms with E-state index in [0.29, 0.717) is 12.3 Å². The molecule has 122 valence electrons. The van der Waals surface area contributed by atoms with Gasteiger partial charge in [-0.15, -0.1) is 16.8 Å². The predicted molar refractivity (Wildman–Crippen MR) is 96.4 cm³/mol. The summed E-state index contributed by atoms with van der Waals surface area (Å²) < 4.78 is 2.95. The molecule has 0 unspecified atom stereocenters. The minimum Gasteiger partial charge on any atom is -0.349 e. The summed E-state index contributed by atoms with van der Waals surface area (Å²) in [5.41, 5.74) is 1.07. The van der Waals surface area contributed by atoms with Gasteiger partial charge in [0.1, 0.15) is 5.82 Å². The minimum absolute atomic E-state index is 0.0313. The average Bonchev–Trinajstić information content (AvgIpc) is 2.87. The lowest BCUT2D eigenvalue weighted by atomic mass is 10.1. The van der Waals surface area contributed by atoms with Crippen molar-refractivity contribution in [2.75, 3.05) is 5.75 Å². The molecule has 0 aliphatic rings. The molecule has 0 fully saturated rings. The van der Waals surface area contributed by atoms with Crippen molar-refractivity contribution in [3.63, 3.8) is 0 Å². The molecular weight excluding hydrogens is 376 g/mol. The number of carbonyl (C=O) groups excluding carboxylic acids is 1. The fourth-order valence-corrected chi connectivity index (χ4v) is 3.12. The molecule has 0 radical (unpaired) electrons. The highest BCUT2D eigenvalue weighted by atomic mass is 79.9. The quantitative estimate of drug-likeness (QED) is 0.576. The van der Waals surface area contributed by atoms with Gasteiger partial charge >= 0.3 is 0 Å². The molecule has 1 aromatic heterocycles. The van der Waals surface area contributed by atoms with Crippen molar-refractivity contribution in [2.45, 2.75) is 31.6 Å². The van der Waals surface area contributed by atoms with Crippen LogP contribution in [-0.2, 0) is 11.3 Å². The molecule has 2 aromatic rings.